The average molecular weight is 436 g/mol. The van der Waals surface area contributed by atoms with Crippen molar-refractivity contribution in [2.24, 2.45) is 0 Å². The molecule has 2 aromatic carbocycles. The fraction of sp³-hybridized carbons (Fsp3) is 0.182. The Morgan fingerprint density at radius 2 is 1.94 bits per heavy atom. The zero-order valence-corrected chi connectivity index (χ0v) is 17.0. The minimum Gasteiger partial charge on any atom is -0.371 e. The van der Waals surface area contributed by atoms with Gasteiger partial charge in [0.1, 0.15) is 18.2 Å². The number of aromatic nitrogens is 5. The Kier molecular flexibility index (Phi) is 4.98. The van der Waals surface area contributed by atoms with E-state index in [1.807, 2.05) is 4.57 Å². The second-order valence-corrected chi connectivity index (χ2v) is 7.39. The van der Waals surface area contributed by atoms with Crippen LogP contribution in [0.2, 0.25) is 0 Å². The summed E-state index contributed by atoms with van der Waals surface area (Å²) in [7, 11) is 0. The van der Waals surface area contributed by atoms with E-state index in [1.165, 1.54) is 36.5 Å². The molecule has 32 heavy (non-hydrogen) atoms. The van der Waals surface area contributed by atoms with Crippen LogP contribution in [0, 0.1) is 18.6 Å². The van der Waals surface area contributed by atoms with Crippen LogP contribution in [0.1, 0.15) is 23.0 Å². The van der Waals surface area contributed by atoms with E-state index in [-0.39, 0.29) is 29.7 Å². The van der Waals surface area contributed by atoms with Crippen molar-refractivity contribution in [2.45, 2.75) is 19.6 Å². The predicted octanol–water partition coefficient (Wildman–Crippen LogP) is 3.27. The van der Waals surface area contributed by atoms with Crippen molar-refractivity contribution in [3.05, 3.63) is 93.7 Å². The molecule has 8 nitrogen and oxygen atoms in total. The van der Waals surface area contributed by atoms with Crippen LogP contribution >= 0.6 is 0 Å². The SMILES string of the molecule is Cc1c(F)cc(-n2ncccc2=O)cc1Nc1nnc2n1[C@H](c1ccc(F)cc1)COC2. The lowest BCUT2D eigenvalue weighted by Gasteiger charge is -2.27. The molecule has 1 aliphatic rings. The monoisotopic (exact) mass is 436 g/mol. The number of hydrogen-bond donors (Lipinski definition) is 1. The Morgan fingerprint density at radius 3 is 2.72 bits per heavy atom. The first-order chi connectivity index (χ1) is 15.5. The number of nitrogens with zero attached hydrogens (tertiary/aromatic N) is 5. The lowest BCUT2D eigenvalue weighted by molar-refractivity contribution is 0.0670. The molecule has 162 valence electrons. The van der Waals surface area contributed by atoms with Gasteiger partial charge in [0.05, 0.1) is 18.3 Å². The van der Waals surface area contributed by atoms with Gasteiger partial charge in [-0.05, 0) is 36.8 Å². The molecule has 2 aromatic heterocycles. The van der Waals surface area contributed by atoms with Gasteiger partial charge in [-0.25, -0.2) is 8.78 Å². The molecule has 4 aromatic rings. The zero-order chi connectivity index (χ0) is 22.2. The van der Waals surface area contributed by atoms with Crippen LogP contribution in [0.5, 0.6) is 0 Å². The van der Waals surface area contributed by atoms with E-state index >= 15 is 0 Å². The summed E-state index contributed by atoms with van der Waals surface area (Å²) >= 11 is 0. The van der Waals surface area contributed by atoms with Gasteiger partial charge in [-0.15, -0.1) is 10.2 Å². The number of anilines is 2. The molecule has 1 atom stereocenters. The molecule has 0 bridgehead atoms. The normalized spacial score (nSPS) is 15.4. The highest BCUT2D eigenvalue weighted by Crippen LogP contribution is 2.31. The predicted molar refractivity (Wildman–Crippen MR) is 112 cm³/mol. The van der Waals surface area contributed by atoms with E-state index in [9.17, 15) is 13.6 Å². The molecule has 0 radical (unpaired) electrons. The Labute approximate surface area is 181 Å². The maximum absolute atomic E-state index is 14.7. The van der Waals surface area contributed by atoms with Gasteiger partial charge in [-0.1, -0.05) is 12.1 Å². The number of benzene rings is 2. The van der Waals surface area contributed by atoms with Crippen LogP contribution in [0.15, 0.2) is 59.5 Å². The minimum atomic E-state index is -0.501. The third-order valence-corrected chi connectivity index (χ3v) is 5.38. The number of nitrogens with one attached hydrogen (secondary N) is 1. The van der Waals surface area contributed by atoms with Crippen LogP contribution in [-0.4, -0.2) is 31.2 Å². The van der Waals surface area contributed by atoms with E-state index in [0.29, 0.717) is 29.6 Å². The van der Waals surface area contributed by atoms with Gasteiger partial charge >= 0.3 is 0 Å². The highest BCUT2D eigenvalue weighted by atomic mass is 19.1. The van der Waals surface area contributed by atoms with Crippen LogP contribution in [-0.2, 0) is 11.3 Å². The van der Waals surface area contributed by atoms with Crippen LogP contribution in [0.25, 0.3) is 5.69 Å². The second-order valence-electron chi connectivity index (χ2n) is 7.39. The standard InChI is InChI=1S/C22H18F2N6O2/c1-13-17(24)9-16(30-21(31)3-2-8-25-30)10-18(13)26-22-28-27-20-12-32-11-19(29(20)22)14-4-6-15(23)7-5-14/h2-10,19H,11-12H2,1H3,(H,26,28)/t19-/m0/s1. The topological polar surface area (TPSA) is 86.9 Å². The maximum atomic E-state index is 14.7. The molecule has 0 saturated carbocycles. The van der Waals surface area contributed by atoms with Crippen LogP contribution in [0.4, 0.5) is 20.4 Å². The summed E-state index contributed by atoms with van der Waals surface area (Å²) in [5, 5.41) is 15.6. The summed E-state index contributed by atoms with van der Waals surface area (Å²) in [6.45, 7) is 2.24. The summed E-state index contributed by atoms with van der Waals surface area (Å²) < 4.78 is 36.7. The summed E-state index contributed by atoms with van der Waals surface area (Å²) in [6, 6.07) is 11.6. The fourth-order valence-electron chi connectivity index (χ4n) is 3.69. The van der Waals surface area contributed by atoms with Gasteiger partial charge in [-0.3, -0.25) is 9.36 Å². The molecule has 1 aliphatic heterocycles. The molecule has 5 rings (SSSR count). The Bertz CT molecular complexity index is 1350. The van der Waals surface area contributed by atoms with Gasteiger partial charge in [0.25, 0.3) is 5.56 Å². The first kappa shape index (κ1) is 20.0. The van der Waals surface area contributed by atoms with Gasteiger partial charge in [0.15, 0.2) is 5.82 Å². The molecular weight excluding hydrogens is 418 g/mol. The van der Waals surface area contributed by atoms with Gasteiger partial charge < -0.3 is 10.1 Å². The summed E-state index contributed by atoms with van der Waals surface area (Å²) in [5.74, 6) is 0.133. The molecule has 0 fully saturated rings. The largest absolute Gasteiger partial charge is 0.371 e. The Balaban J connectivity index is 1.56. The molecule has 0 saturated heterocycles. The van der Waals surface area contributed by atoms with Gasteiger partial charge in [0.2, 0.25) is 5.95 Å². The lowest BCUT2D eigenvalue weighted by atomic mass is 10.1. The average Bonchev–Trinajstić information content (AvgIpc) is 3.21. The van der Waals surface area contributed by atoms with Gasteiger partial charge in [-0.2, -0.15) is 9.78 Å². The fourth-order valence-corrected chi connectivity index (χ4v) is 3.69. The van der Waals surface area contributed by atoms with Crippen molar-refractivity contribution in [1.82, 2.24) is 24.5 Å². The number of fused-ring (bicyclic) bond motifs is 1. The van der Waals surface area contributed by atoms with Gasteiger partial charge in [0, 0.05) is 29.6 Å². The van der Waals surface area contributed by atoms with E-state index in [0.717, 1.165) is 10.2 Å². The third kappa shape index (κ3) is 3.54. The van der Waals surface area contributed by atoms with E-state index in [2.05, 4.69) is 20.6 Å². The summed E-state index contributed by atoms with van der Waals surface area (Å²) in [5.41, 5.74) is 1.48. The first-order valence-electron chi connectivity index (χ1n) is 9.90. The molecule has 0 unspecified atom stereocenters. The molecular formula is C22H18F2N6O2. The molecule has 0 spiro atoms. The molecule has 1 N–H and O–H groups in total. The Morgan fingerprint density at radius 1 is 1.12 bits per heavy atom. The third-order valence-electron chi connectivity index (χ3n) is 5.38. The van der Waals surface area contributed by atoms with E-state index in [4.69, 9.17) is 4.74 Å². The summed E-state index contributed by atoms with van der Waals surface area (Å²) in [4.78, 5) is 12.2. The summed E-state index contributed by atoms with van der Waals surface area (Å²) in [6.07, 6.45) is 1.45. The molecule has 0 amide bonds. The molecule has 10 heteroatoms. The van der Waals surface area contributed by atoms with Crippen molar-refractivity contribution in [3.63, 3.8) is 0 Å². The molecule has 0 aliphatic carbocycles. The van der Waals surface area contributed by atoms with Crippen molar-refractivity contribution < 1.29 is 13.5 Å². The minimum absolute atomic E-state index is 0.267. The molecule has 3 heterocycles. The highest BCUT2D eigenvalue weighted by Gasteiger charge is 2.27. The van der Waals surface area contributed by atoms with Crippen molar-refractivity contribution >= 4 is 11.6 Å². The van der Waals surface area contributed by atoms with E-state index in [1.54, 1.807) is 25.1 Å². The van der Waals surface area contributed by atoms with Crippen LogP contribution in [0.3, 0.4) is 0 Å². The smallest absolute Gasteiger partial charge is 0.271 e. The zero-order valence-electron chi connectivity index (χ0n) is 17.0. The number of rotatable bonds is 4. The number of ether oxygens (including phenoxy) is 1. The van der Waals surface area contributed by atoms with Crippen molar-refractivity contribution in [2.75, 3.05) is 11.9 Å². The van der Waals surface area contributed by atoms with Crippen molar-refractivity contribution in [1.29, 1.82) is 0 Å². The number of hydrogen-bond acceptors (Lipinski definition) is 6. The van der Waals surface area contributed by atoms with Crippen LogP contribution < -0.4 is 10.9 Å². The van der Waals surface area contributed by atoms with E-state index < -0.39 is 5.82 Å². The maximum Gasteiger partial charge on any atom is 0.271 e. The lowest BCUT2D eigenvalue weighted by Crippen LogP contribution is -2.26. The Hall–Kier alpha value is -3.92. The number of halogens is 2. The highest BCUT2D eigenvalue weighted by molar-refractivity contribution is 5.63. The quantitative estimate of drug-likeness (QED) is 0.529. The first-order valence-corrected chi connectivity index (χ1v) is 9.90. The second kappa shape index (κ2) is 7.97. The van der Waals surface area contributed by atoms with Crippen molar-refractivity contribution in [3.8, 4) is 5.69 Å².